The number of amides is 2. The summed E-state index contributed by atoms with van der Waals surface area (Å²) in [5.41, 5.74) is -0.675. The Labute approximate surface area is 160 Å². The first-order valence-corrected chi connectivity index (χ1v) is 8.24. The molecule has 0 aliphatic carbocycles. The van der Waals surface area contributed by atoms with Gasteiger partial charge in [-0.1, -0.05) is 5.16 Å². The van der Waals surface area contributed by atoms with Gasteiger partial charge in [0.05, 0.1) is 31.3 Å². The van der Waals surface area contributed by atoms with Gasteiger partial charge in [-0.25, -0.2) is 0 Å². The summed E-state index contributed by atoms with van der Waals surface area (Å²) in [6.45, 7) is 3.32. The Kier molecular flexibility index (Phi) is 6.53. The highest BCUT2D eigenvalue weighted by molar-refractivity contribution is 6.02. The molecule has 0 unspecified atom stereocenters. The molecule has 0 saturated carbocycles. The van der Waals surface area contributed by atoms with E-state index >= 15 is 0 Å². The van der Waals surface area contributed by atoms with E-state index in [2.05, 4.69) is 10.5 Å². The van der Waals surface area contributed by atoms with Crippen molar-refractivity contribution in [3.63, 3.8) is 0 Å². The molecule has 28 heavy (non-hydrogen) atoms. The number of anilines is 1. The number of likely N-dealkylation sites (N-methyl/N-ethyl adjacent to an activating group) is 1. The second-order valence-electron chi connectivity index (χ2n) is 5.74. The van der Waals surface area contributed by atoms with Gasteiger partial charge >= 0.3 is 0 Å². The van der Waals surface area contributed by atoms with E-state index in [1.165, 1.54) is 26.3 Å². The highest BCUT2D eigenvalue weighted by Crippen LogP contribution is 2.35. The van der Waals surface area contributed by atoms with E-state index in [0.29, 0.717) is 5.76 Å². The summed E-state index contributed by atoms with van der Waals surface area (Å²) in [5, 5.41) is 17.5. The number of nitro groups is 1. The number of rotatable bonds is 8. The van der Waals surface area contributed by atoms with Crippen molar-refractivity contribution >= 4 is 23.3 Å². The molecule has 1 aromatic heterocycles. The zero-order valence-electron chi connectivity index (χ0n) is 15.8. The summed E-state index contributed by atoms with van der Waals surface area (Å²) in [6.07, 6.45) is 0. The molecule has 11 heteroatoms. The fourth-order valence-electron chi connectivity index (χ4n) is 2.40. The molecule has 0 bridgehead atoms. The lowest BCUT2D eigenvalue weighted by molar-refractivity contribution is -0.385. The lowest BCUT2D eigenvalue weighted by Crippen LogP contribution is -2.35. The van der Waals surface area contributed by atoms with Crippen LogP contribution in [-0.2, 0) is 4.79 Å². The van der Waals surface area contributed by atoms with Gasteiger partial charge in [0.1, 0.15) is 11.3 Å². The summed E-state index contributed by atoms with van der Waals surface area (Å²) in [5.74, 6) is -0.219. The first-order chi connectivity index (χ1) is 13.3. The molecule has 2 rings (SSSR count). The van der Waals surface area contributed by atoms with Crippen molar-refractivity contribution in [2.24, 2.45) is 0 Å². The van der Waals surface area contributed by atoms with E-state index < -0.39 is 22.4 Å². The minimum atomic E-state index is -0.721. The zero-order chi connectivity index (χ0) is 20.8. The summed E-state index contributed by atoms with van der Waals surface area (Å²) in [7, 11) is 2.69. The molecule has 0 radical (unpaired) electrons. The Balaban J connectivity index is 2.24. The van der Waals surface area contributed by atoms with Crippen molar-refractivity contribution in [2.45, 2.75) is 13.8 Å². The Hall–Kier alpha value is -3.63. The van der Waals surface area contributed by atoms with Gasteiger partial charge in [-0.15, -0.1) is 0 Å². The number of methoxy groups -OCH3 is 1. The van der Waals surface area contributed by atoms with Crippen molar-refractivity contribution < 1.29 is 28.5 Å². The summed E-state index contributed by atoms with van der Waals surface area (Å²) in [6, 6.07) is 3.87. The van der Waals surface area contributed by atoms with Crippen molar-refractivity contribution in [2.75, 3.05) is 32.6 Å². The van der Waals surface area contributed by atoms with Crippen molar-refractivity contribution in [3.05, 3.63) is 39.6 Å². The highest BCUT2D eigenvalue weighted by atomic mass is 16.6. The van der Waals surface area contributed by atoms with Crippen LogP contribution >= 0.6 is 0 Å². The summed E-state index contributed by atoms with van der Waals surface area (Å²) < 4.78 is 15.3. The third kappa shape index (κ3) is 4.75. The highest BCUT2D eigenvalue weighted by Gasteiger charge is 2.27. The minimum Gasteiger partial charge on any atom is -0.493 e. The van der Waals surface area contributed by atoms with Crippen molar-refractivity contribution in [1.82, 2.24) is 10.1 Å². The maximum atomic E-state index is 12.7. The van der Waals surface area contributed by atoms with Crippen LogP contribution in [0.15, 0.2) is 22.7 Å². The number of carbonyl (C=O) groups excluding carboxylic acids is 2. The smallest absolute Gasteiger partial charge is 0.286 e. The van der Waals surface area contributed by atoms with Gasteiger partial charge in [0.15, 0.2) is 17.3 Å². The predicted octanol–water partition coefficient (Wildman–Crippen LogP) is 2.01. The molecular formula is C17H20N4O7. The normalized spacial score (nSPS) is 10.3. The summed E-state index contributed by atoms with van der Waals surface area (Å²) in [4.78, 5) is 36.6. The van der Waals surface area contributed by atoms with Crippen LogP contribution in [0, 0.1) is 17.0 Å². The number of carbonyl (C=O) groups is 2. The average Bonchev–Trinajstić information content (AvgIpc) is 3.05. The number of nitrogens with zero attached hydrogens (tertiary/aromatic N) is 3. The third-order valence-electron chi connectivity index (χ3n) is 3.63. The Morgan fingerprint density at radius 3 is 2.57 bits per heavy atom. The SMILES string of the molecule is CCOc1cc(C(=O)N(C)CC(=O)Nc2cc(C)on2)c([N+](=O)[O-])cc1OC. The monoisotopic (exact) mass is 392 g/mol. The maximum absolute atomic E-state index is 12.7. The number of nitro benzene ring substituents is 1. The molecule has 11 nitrogen and oxygen atoms in total. The number of aryl methyl sites for hydroxylation is 1. The topological polar surface area (TPSA) is 137 Å². The van der Waals surface area contributed by atoms with Gasteiger partial charge in [-0.3, -0.25) is 19.7 Å². The van der Waals surface area contributed by atoms with E-state index in [0.717, 1.165) is 11.0 Å². The molecule has 0 aliphatic heterocycles. The van der Waals surface area contributed by atoms with E-state index in [1.54, 1.807) is 13.8 Å². The molecule has 150 valence electrons. The Morgan fingerprint density at radius 2 is 2.04 bits per heavy atom. The van der Waals surface area contributed by atoms with Gasteiger partial charge in [0.2, 0.25) is 5.91 Å². The van der Waals surface area contributed by atoms with Gasteiger partial charge < -0.3 is 24.2 Å². The second kappa shape index (κ2) is 8.84. The lowest BCUT2D eigenvalue weighted by atomic mass is 10.1. The molecule has 0 fully saturated rings. The summed E-state index contributed by atoms with van der Waals surface area (Å²) >= 11 is 0. The molecule has 0 aliphatic rings. The fraction of sp³-hybridized carbons (Fsp3) is 0.353. The molecule has 1 N–H and O–H groups in total. The molecule has 0 atom stereocenters. The van der Waals surface area contributed by atoms with Crippen LogP contribution in [0.4, 0.5) is 11.5 Å². The fourth-order valence-corrected chi connectivity index (χ4v) is 2.40. The van der Waals surface area contributed by atoms with Crippen LogP contribution in [-0.4, -0.2) is 54.1 Å². The number of hydrogen-bond donors (Lipinski definition) is 1. The van der Waals surface area contributed by atoms with E-state index in [4.69, 9.17) is 14.0 Å². The molecule has 1 heterocycles. The van der Waals surface area contributed by atoms with E-state index in [-0.39, 0.29) is 36.0 Å². The lowest BCUT2D eigenvalue weighted by Gasteiger charge is -2.18. The molecule has 1 aromatic carbocycles. The van der Waals surface area contributed by atoms with Crippen LogP contribution < -0.4 is 14.8 Å². The maximum Gasteiger partial charge on any atom is 0.286 e. The number of ether oxygens (including phenoxy) is 2. The van der Waals surface area contributed by atoms with Gasteiger partial charge in [0.25, 0.3) is 11.6 Å². The average molecular weight is 392 g/mol. The first-order valence-electron chi connectivity index (χ1n) is 8.24. The largest absolute Gasteiger partial charge is 0.493 e. The van der Waals surface area contributed by atoms with E-state index in [1.807, 2.05) is 0 Å². The molecule has 0 saturated heterocycles. The number of hydrogen-bond acceptors (Lipinski definition) is 8. The zero-order valence-corrected chi connectivity index (χ0v) is 15.8. The Bertz CT molecular complexity index is 894. The van der Waals surface area contributed by atoms with Gasteiger partial charge in [-0.2, -0.15) is 0 Å². The van der Waals surface area contributed by atoms with Gasteiger partial charge in [-0.05, 0) is 13.8 Å². The minimum absolute atomic E-state index is 0.131. The van der Waals surface area contributed by atoms with Crippen molar-refractivity contribution in [1.29, 1.82) is 0 Å². The predicted molar refractivity (Wildman–Crippen MR) is 97.6 cm³/mol. The van der Waals surface area contributed by atoms with Crippen LogP contribution in [0.2, 0.25) is 0 Å². The standard InChI is InChI=1S/C17H20N4O7/c1-5-27-14-7-11(12(21(24)25)8-13(14)26-4)17(23)20(3)9-16(22)18-15-6-10(2)28-19-15/h6-8H,5,9H2,1-4H3,(H,18,19,22). The molecule has 2 amide bonds. The van der Waals surface area contributed by atoms with Crippen LogP contribution in [0.1, 0.15) is 23.0 Å². The third-order valence-corrected chi connectivity index (χ3v) is 3.63. The van der Waals surface area contributed by atoms with Crippen LogP contribution in [0.3, 0.4) is 0 Å². The quantitative estimate of drug-likeness (QED) is 0.532. The number of nitrogens with one attached hydrogen (secondary N) is 1. The van der Waals surface area contributed by atoms with E-state index in [9.17, 15) is 19.7 Å². The molecule has 0 spiro atoms. The van der Waals surface area contributed by atoms with Crippen molar-refractivity contribution in [3.8, 4) is 11.5 Å². The second-order valence-corrected chi connectivity index (χ2v) is 5.74. The molecule has 2 aromatic rings. The number of benzene rings is 1. The number of aromatic nitrogens is 1. The van der Waals surface area contributed by atoms with Crippen LogP contribution in [0.25, 0.3) is 0 Å². The van der Waals surface area contributed by atoms with Gasteiger partial charge in [0, 0.05) is 19.2 Å². The Morgan fingerprint density at radius 1 is 1.32 bits per heavy atom. The first kappa shape index (κ1) is 20.7. The molecular weight excluding hydrogens is 372 g/mol. The van der Waals surface area contributed by atoms with Crippen LogP contribution in [0.5, 0.6) is 11.5 Å².